The number of aliphatic hydroxyl groups is 1. The summed E-state index contributed by atoms with van der Waals surface area (Å²) >= 11 is 3.33. The van der Waals surface area contributed by atoms with Crippen LogP contribution in [0.5, 0.6) is 0 Å². The summed E-state index contributed by atoms with van der Waals surface area (Å²) in [6, 6.07) is 6.23. The summed E-state index contributed by atoms with van der Waals surface area (Å²) in [5.41, 5.74) is 1.36. The second-order valence-corrected chi connectivity index (χ2v) is 4.12. The van der Waals surface area contributed by atoms with Crippen LogP contribution in [0.3, 0.4) is 0 Å². The van der Waals surface area contributed by atoms with Gasteiger partial charge < -0.3 is 10.1 Å². The number of nitrogens with one attached hydrogen (secondary N) is 1. The summed E-state index contributed by atoms with van der Waals surface area (Å²) in [4.78, 5) is 7.27. The molecule has 0 spiro atoms. The molecule has 0 aliphatic carbocycles. The van der Waals surface area contributed by atoms with Gasteiger partial charge in [0.1, 0.15) is 21.9 Å². The van der Waals surface area contributed by atoms with Gasteiger partial charge in [-0.25, -0.2) is 9.37 Å². The fraction of sp³-hybridized carbons (Fsp3) is 0.182. The molecule has 0 saturated carbocycles. The van der Waals surface area contributed by atoms with Crippen LogP contribution in [0, 0.1) is 5.82 Å². The Hall–Kier alpha value is -1.20. The van der Waals surface area contributed by atoms with E-state index in [-0.39, 0.29) is 12.4 Å². The number of hydrogen-bond donors (Lipinski definition) is 2. The summed E-state index contributed by atoms with van der Waals surface area (Å²) in [6.07, 6.45) is 0.452. The first-order valence-corrected chi connectivity index (χ1v) is 5.61. The monoisotopic (exact) mass is 284 g/mol. The van der Waals surface area contributed by atoms with E-state index >= 15 is 0 Å². The molecule has 84 valence electrons. The molecule has 0 atom stereocenters. The highest BCUT2D eigenvalue weighted by Crippen LogP contribution is 2.26. The number of rotatable bonds is 3. The lowest BCUT2D eigenvalue weighted by molar-refractivity contribution is 0.297. The van der Waals surface area contributed by atoms with Gasteiger partial charge in [0.25, 0.3) is 0 Å². The Kier molecular flexibility index (Phi) is 3.36. The standard InChI is InChI=1S/C11H10BrFN2O/c12-11-10(14-9(15-11)4-5-16)7-2-1-3-8(13)6-7/h1-3,6,16H,4-5H2,(H,14,15). The lowest BCUT2D eigenvalue weighted by Gasteiger charge is -1.97. The van der Waals surface area contributed by atoms with Gasteiger partial charge in [0, 0.05) is 12.0 Å². The first-order valence-electron chi connectivity index (χ1n) is 4.82. The lowest BCUT2D eigenvalue weighted by atomic mass is 10.2. The maximum absolute atomic E-state index is 13.0. The minimum absolute atomic E-state index is 0.0303. The molecule has 0 fully saturated rings. The Labute approximate surface area is 100 Å². The minimum atomic E-state index is -0.295. The fourth-order valence-corrected chi connectivity index (χ4v) is 2.00. The number of halogens is 2. The van der Waals surface area contributed by atoms with E-state index in [4.69, 9.17) is 5.11 Å². The van der Waals surface area contributed by atoms with E-state index in [2.05, 4.69) is 25.9 Å². The first kappa shape index (κ1) is 11.3. The van der Waals surface area contributed by atoms with Crippen LogP contribution in [-0.2, 0) is 6.42 Å². The van der Waals surface area contributed by atoms with Crippen LogP contribution in [0.1, 0.15) is 5.82 Å². The fourth-order valence-electron chi connectivity index (χ4n) is 1.45. The molecular formula is C11H10BrFN2O. The third kappa shape index (κ3) is 2.31. The van der Waals surface area contributed by atoms with Gasteiger partial charge in [-0.1, -0.05) is 12.1 Å². The molecule has 1 aromatic carbocycles. The molecule has 0 radical (unpaired) electrons. The maximum atomic E-state index is 13.0. The smallest absolute Gasteiger partial charge is 0.123 e. The molecule has 0 unspecified atom stereocenters. The van der Waals surface area contributed by atoms with Crippen LogP contribution in [0.2, 0.25) is 0 Å². The number of hydrogen-bond acceptors (Lipinski definition) is 2. The van der Waals surface area contributed by atoms with Crippen molar-refractivity contribution in [2.24, 2.45) is 0 Å². The van der Waals surface area contributed by atoms with E-state index in [0.29, 0.717) is 28.1 Å². The Bertz CT molecular complexity index is 498. The Morgan fingerprint density at radius 1 is 1.44 bits per heavy atom. The number of benzene rings is 1. The highest BCUT2D eigenvalue weighted by Gasteiger charge is 2.10. The van der Waals surface area contributed by atoms with E-state index in [0.717, 1.165) is 0 Å². The van der Waals surface area contributed by atoms with E-state index in [1.54, 1.807) is 12.1 Å². The van der Waals surface area contributed by atoms with E-state index < -0.39 is 0 Å². The SMILES string of the molecule is OCCc1nc(-c2cccc(F)c2)c(Br)[nH]1. The minimum Gasteiger partial charge on any atom is -0.396 e. The Balaban J connectivity index is 2.40. The lowest BCUT2D eigenvalue weighted by Crippen LogP contribution is -1.92. The third-order valence-corrected chi connectivity index (χ3v) is 2.73. The maximum Gasteiger partial charge on any atom is 0.123 e. The summed E-state index contributed by atoms with van der Waals surface area (Å²) in [6.45, 7) is 0.0303. The molecule has 0 aliphatic rings. The quantitative estimate of drug-likeness (QED) is 0.910. The van der Waals surface area contributed by atoms with Crippen molar-refractivity contribution in [3.63, 3.8) is 0 Å². The van der Waals surface area contributed by atoms with Crippen molar-refractivity contribution < 1.29 is 9.50 Å². The second-order valence-electron chi connectivity index (χ2n) is 3.33. The number of nitrogens with zero attached hydrogens (tertiary/aromatic N) is 1. The largest absolute Gasteiger partial charge is 0.396 e. The number of aromatic amines is 1. The first-order chi connectivity index (χ1) is 7.70. The molecule has 2 N–H and O–H groups in total. The highest BCUT2D eigenvalue weighted by atomic mass is 79.9. The van der Waals surface area contributed by atoms with Crippen molar-refractivity contribution in [1.82, 2.24) is 9.97 Å². The van der Waals surface area contributed by atoms with Crippen molar-refractivity contribution in [2.45, 2.75) is 6.42 Å². The average molecular weight is 285 g/mol. The molecule has 16 heavy (non-hydrogen) atoms. The number of H-pyrrole nitrogens is 1. The molecule has 1 heterocycles. The number of aromatic nitrogens is 2. The molecule has 0 amide bonds. The van der Waals surface area contributed by atoms with E-state index in [9.17, 15) is 4.39 Å². The van der Waals surface area contributed by atoms with Crippen molar-refractivity contribution >= 4 is 15.9 Å². The summed E-state index contributed by atoms with van der Waals surface area (Å²) < 4.78 is 13.7. The summed E-state index contributed by atoms with van der Waals surface area (Å²) in [7, 11) is 0. The zero-order valence-electron chi connectivity index (χ0n) is 8.37. The van der Waals surface area contributed by atoms with Crippen molar-refractivity contribution in [2.75, 3.05) is 6.61 Å². The number of imidazole rings is 1. The zero-order chi connectivity index (χ0) is 11.5. The van der Waals surface area contributed by atoms with Crippen LogP contribution in [0.25, 0.3) is 11.3 Å². The van der Waals surface area contributed by atoms with Crippen LogP contribution < -0.4 is 0 Å². The van der Waals surface area contributed by atoms with Crippen molar-refractivity contribution in [3.05, 3.63) is 40.5 Å². The third-order valence-electron chi connectivity index (χ3n) is 2.16. The van der Waals surface area contributed by atoms with Gasteiger partial charge in [-0.05, 0) is 28.1 Å². The average Bonchev–Trinajstić information content (AvgIpc) is 2.60. The van der Waals surface area contributed by atoms with Crippen LogP contribution in [-0.4, -0.2) is 21.7 Å². The summed E-state index contributed by atoms with van der Waals surface area (Å²) in [5.74, 6) is 0.379. The molecule has 3 nitrogen and oxygen atoms in total. The summed E-state index contributed by atoms with van der Waals surface area (Å²) in [5, 5.41) is 8.80. The van der Waals surface area contributed by atoms with Crippen molar-refractivity contribution in [1.29, 1.82) is 0 Å². The van der Waals surface area contributed by atoms with Gasteiger partial charge in [0.2, 0.25) is 0 Å². The van der Waals surface area contributed by atoms with Gasteiger partial charge in [0.15, 0.2) is 0 Å². The van der Waals surface area contributed by atoms with Crippen LogP contribution in [0.4, 0.5) is 4.39 Å². The van der Waals surface area contributed by atoms with Gasteiger partial charge in [0.05, 0.1) is 6.61 Å². The molecule has 0 aliphatic heterocycles. The van der Waals surface area contributed by atoms with Crippen LogP contribution in [0.15, 0.2) is 28.9 Å². The molecular weight excluding hydrogens is 275 g/mol. The normalized spacial score (nSPS) is 10.7. The molecule has 5 heteroatoms. The van der Waals surface area contributed by atoms with Crippen molar-refractivity contribution in [3.8, 4) is 11.3 Å². The molecule has 2 rings (SSSR count). The molecule has 1 aromatic heterocycles. The van der Waals surface area contributed by atoms with E-state index in [1.165, 1.54) is 12.1 Å². The predicted octanol–water partition coefficient (Wildman–Crippen LogP) is 2.51. The van der Waals surface area contributed by atoms with Gasteiger partial charge >= 0.3 is 0 Å². The van der Waals surface area contributed by atoms with E-state index in [1.807, 2.05) is 0 Å². The molecule has 0 saturated heterocycles. The predicted molar refractivity (Wildman–Crippen MR) is 62.5 cm³/mol. The molecule has 0 bridgehead atoms. The van der Waals surface area contributed by atoms with Crippen LogP contribution >= 0.6 is 15.9 Å². The topological polar surface area (TPSA) is 48.9 Å². The molecule has 2 aromatic rings. The Morgan fingerprint density at radius 3 is 2.94 bits per heavy atom. The van der Waals surface area contributed by atoms with Gasteiger partial charge in [-0.3, -0.25) is 0 Å². The zero-order valence-corrected chi connectivity index (χ0v) is 9.96. The van der Waals surface area contributed by atoms with Gasteiger partial charge in [-0.15, -0.1) is 0 Å². The Morgan fingerprint density at radius 2 is 2.25 bits per heavy atom. The highest BCUT2D eigenvalue weighted by molar-refractivity contribution is 9.10. The second kappa shape index (κ2) is 4.76. The number of aliphatic hydroxyl groups excluding tert-OH is 1. The van der Waals surface area contributed by atoms with Gasteiger partial charge in [-0.2, -0.15) is 0 Å².